The molecule has 6 rings (SSSR count). The molecule has 2 aromatic heterocycles. The SMILES string of the molecule is CC(C)C[C@H](NC(=O)[C@H](CCCCN)NC(=O)[C@@H](NC(=O)[C@H](CC(C)C)NC(=O)[C@@H]1CCCN1C(=O)[C@H](CC(=O)O)NC(=O)[C@H](Cc1ccc(O)cc1)NC(=O)[C@H](Cc1c[nH]c2ccccc12)NC(=O)[C@@H](NC(=O)[C@H](C)N)[C@@H](C)O)[C@@H](C)O)C(=O)N[C@@H](Cc1c[nH]c2ccccc12)C(=O)N[C@@H](CC(C)C)C(=O)N[C@H](C(=O)N[C@@H](CO)C(=O)O)[C@@H](C)O. The number of amides is 13. The maximum Gasteiger partial charge on any atom is 0.328 e. The molecule has 13 amide bonds. The molecule has 1 aliphatic rings. The monoisotopic (exact) mass is 1690 g/mol. The number of carbonyl (C=O) groups excluding carboxylic acids is 13. The van der Waals surface area contributed by atoms with E-state index >= 15 is 0 Å². The van der Waals surface area contributed by atoms with Crippen molar-refractivity contribution >= 4 is 111 Å². The summed E-state index contributed by atoms with van der Waals surface area (Å²) in [6.45, 7) is 14.2. The fraction of sp³-hybridized carbons (Fsp3) is 0.549. The van der Waals surface area contributed by atoms with E-state index in [2.05, 4.69) is 68.5 Å². The molecule has 39 heteroatoms. The fourth-order valence-corrected chi connectivity index (χ4v) is 13.9. The molecule has 121 heavy (non-hydrogen) atoms. The topological polar surface area (TPSA) is 629 Å². The average molecular weight is 1690 g/mol. The highest BCUT2D eigenvalue weighted by atomic mass is 16.4. The van der Waals surface area contributed by atoms with Crippen LogP contribution in [0.2, 0.25) is 0 Å². The highest BCUT2D eigenvalue weighted by Gasteiger charge is 2.43. The third-order valence-electron chi connectivity index (χ3n) is 20.3. The Labute approximate surface area is 699 Å². The van der Waals surface area contributed by atoms with Gasteiger partial charge in [0.25, 0.3) is 0 Å². The van der Waals surface area contributed by atoms with Crippen LogP contribution in [-0.4, -0.2) is 262 Å². The summed E-state index contributed by atoms with van der Waals surface area (Å²) in [6, 6.07) is -2.74. The molecule has 0 saturated carbocycles. The van der Waals surface area contributed by atoms with E-state index in [1.165, 1.54) is 45.0 Å². The summed E-state index contributed by atoms with van der Waals surface area (Å²) in [6.07, 6.45) is -3.28. The number of aliphatic carboxylic acids is 2. The van der Waals surface area contributed by atoms with Crippen LogP contribution in [0, 0.1) is 17.8 Å². The first-order valence-corrected chi connectivity index (χ1v) is 40.5. The first kappa shape index (κ1) is 98.2. The number of aromatic hydroxyl groups is 1. The number of carboxylic acids is 2. The van der Waals surface area contributed by atoms with E-state index in [1.54, 1.807) is 102 Å². The molecule has 0 unspecified atom stereocenters. The van der Waals surface area contributed by atoms with Gasteiger partial charge in [0.2, 0.25) is 76.8 Å². The summed E-state index contributed by atoms with van der Waals surface area (Å²) in [5, 5.41) is 104. The highest BCUT2D eigenvalue weighted by Crippen LogP contribution is 2.25. The normalized spacial score (nSPS) is 16.8. The number of carbonyl (C=O) groups is 15. The Morgan fingerprint density at radius 1 is 0.446 bits per heavy atom. The Morgan fingerprint density at radius 3 is 1.23 bits per heavy atom. The third-order valence-corrected chi connectivity index (χ3v) is 20.3. The number of H-pyrrole nitrogens is 2. The van der Waals surface area contributed by atoms with Crippen LogP contribution in [0.1, 0.15) is 144 Å². The summed E-state index contributed by atoms with van der Waals surface area (Å²) in [5.74, 6) is -17.3. The largest absolute Gasteiger partial charge is 0.508 e. The molecule has 5 aromatic rings. The number of likely N-dealkylation sites (tertiary alicyclic amines) is 1. The Bertz CT molecular complexity index is 4410. The maximum absolute atomic E-state index is 14.9. The standard InChI is InChI=1S/C82H119N17O22/c1-40(2)30-56(71(109)91-60(34-48-37-85-53-20-13-11-18-51(48)53)73(111)89-57(31-41(3)4)75(113)98-68(46(10)103)80(118)95-63(39-100)82(120)121)88-70(108)55(22-15-16-28-83)87-78(116)67(45(9)102)97-76(114)58(32-42(5)6)92-77(115)64-23-17-29-99(64)81(119)62(36-65(105)106)94-72(110)59(33-47-24-26-50(104)27-25-47)90-74(112)61(35-49-38-86-54-21-14-12-19-52(49)54)93-79(117)66(44(8)101)96-69(107)43(7)84/h11-14,18-21,24-27,37-38,40-46,55-64,66-68,85-86,100-104H,15-17,22-23,28-36,39,83-84H2,1-10H3,(H,87,116)(H,88,108)(H,89,111)(H,90,112)(H,91,109)(H,92,115)(H,93,117)(H,94,110)(H,95,118)(H,96,107)(H,97,114)(H,98,113)(H,105,106)(H,120,121)/t43-,44+,45+,46+,55-,56-,57-,58-,59-,60-,61-,62-,63-,64-,66-,67-,68-/m0/s1. The summed E-state index contributed by atoms with van der Waals surface area (Å²) < 4.78 is 0. The number of para-hydroxylation sites is 2. The zero-order chi connectivity index (χ0) is 89.8. The number of phenolic OH excluding ortho intramolecular Hbond substituents is 1. The number of nitrogens with zero attached hydrogens (tertiary/aromatic N) is 1. The fourth-order valence-electron chi connectivity index (χ4n) is 13.9. The highest BCUT2D eigenvalue weighted by molar-refractivity contribution is 6.02. The van der Waals surface area contributed by atoms with E-state index in [1.807, 2.05) is 5.32 Å². The van der Waals surface area contributed by atoms with Gasteiger partial charge in [0, 0.05) is 60.0 Å². The maximum atomic E-state index is 14.9. The van der Waals surface area contributed by atoms with Crippen molar-refractivity contribution in [1.82, 2.24) is 78.7 Å². The summed E-state index contributed by atoms with van der Waals surface area (Å²) >= 11 is 0. The van der Waals surface area contributed by atoms with Gasteiger partial charge in [-0.1, -0.05) is 90.1 Å². The number of unbranched alkanes of at least 4 members (excludes halogenated alkanes) is 1. The number of fused-ring (bicyclic) bond motifs is 2. The molecular weight excluding hydrogens is 1570 g/mol. The number of nitrogens with two attached hydrogens (primary N) is 2. The summed E-state index contributed by atoms with van der Waals surface area (Å²) in [4.78, 5) is 219. The first-order chi connectivity index (χ1) is 57.1. The van der Waals surface area contributed by atoms with Gasteiger partial charge in [-0.3, -0.25) is 67.1 Å². The molecule has 664 valence electrons. The van der Waals surface area contributed by atoms with E-state index < -0.39 is 205 Å². The van der Waals surface area contributed by atoms with Crippen molar-refractivity contribution in [2.24, 2.45) is 29.2 Å². The van der Waals surface area contributed by atoms with Crippen molar-refractivity contribution in [2.75, 3.05) is 19.7 Å². The zero-order valence-electron chi connectivity index (χ0n) is 69.6. The summed E-state index contributed by atoms with van der Waals surface area (Å²) in [7, 11) is 0. The second kappa shape index (κ2) is 46.8. The molecule has 25 N–H and O–H groups in total. The van der Waals surface area contributed by atoms with E-state index in [4.69, 9.17) is 11.5 Å². The Morgan fingerprint density at radius 2 is 0.818 bits per heavy atom. The molecule has 17 atom stereocenters. The van der Waals surface area contributed by atoms with Gasteiger partial charge in [-0.25, -0.2) is 4.79 Å². The van der Waals surface area contributed by atoms with Gasteiger partial charge < -0.3 is 126 Å². The number of rotatable bonds is 48. The van der Waals surface area contributed by atoms with Gasteiger partial charge in [-0.15, -0.1) is 0 Å². The van der Waals surface area contributed by atoms with Crippen molar-refractivity contribution in [3.05, 3.63) is 102 Å². The molecule has 1 saturated heterocycles. The van der Waals surface area contributed by atoms with Gasteiger partial charge >= 0.3 is 11.9 Å². The van der Waals surface area contributed by atoms with E-state index in [0.717, 1.165) is 11.8 Å². The second-order valence-electron chi connectivity index (χ2n) is 32.0. The van der Waals surface area contributed by atoms with Gasteiger partial charge in [0.1, 0.15) is 84.3 Å². The number of aliphatic hydroxyl groups is 4. The number of benzene rings is 3. The van der Waals surface area contributed by atoms with Crippen LogP contribution in [-0.2, 0) is 91.2 Å². The van der Waals surface area contributed by atoms with Crippen LogP contribution in [0.15, 0.2) is 85.2 Å². The van der Waals surface area contributed by atoms with E-state index in [-0.39, 0.29) is 101 Å². The summed E-state index contributed by atoms with van der Waals surface area (Å²) in [5.41, 5.74) is 14.3. The zero-order valence-corrected chi connectivity index (χ0v) is 69.6. The van der Waals surface area contributed by atoms with Crippen LogP contribution in [0.3, 0.4) is 0 Å². The van der Waals surface area contributed by atoms with Crippen molar-refractivity contribution in [1.29, 1.82) is 0 Å². The minimum Gasteiger partial charge on any atom is -0.508 e. The number of carboxylic acid groups (broad SMARTS) is 2. The number of hydrogen-bond acceptors (Lipinski definition) is 22. The molecule has 3 heterocycles. The lowest BCUT2D eigenvalue weighted by Crippen LogP contribution is -2.62. The van der Waals surface area contributed by atoms with Crippen LogP contribution in [0.5, 0.6) is 5.75 Å². The molecule has 0 spiro atoms. The lowest BCUT2D eigenvalue weighted by atomic mass is 9.98. The molecule has 0 bridgehead atoms. The molecular formula is C82H119N17O22. The number of nitrogens with one attached hydrogen (secondary N) is 14. The van der Waals surface area contributed by atoms with Gasteiger partial charge in [0.05, 0.1) is 37.4 Å². The van der Waals surface area contributed by atoms with Gasteiger partial charge in [0.15, 0.2) is 0 Å². The Balaban J connectivity index is 1.22. The first-order valence-electron chi connectivity index (χ1n) is 40.5. The minimum absolute atomic E-state index is 0.0493. The Kier molecular flexibility index (Phi) is 38.0. The number of hydrogen-bond donors (Lipinski definition) is 23. The number of aliphatic hydroxyl groups excluding tert-OH is 4. The van der Waals surface area contributed by atoms with Crippen molar-refractivity contribution in [3.63, 3.8) is 0 Å². The molecule has 0 radical (unpaired) electrons. The predicted octanol–water partition coefficient (Wildman–Crippen LogP) is -2.50. The van der Waals surface area contributed by atoms with Crippen molar-refractivity contribution < 1.29 is 108 Å². The minimum atomic E-state index is -1.94. The molecule has 3 aromatic carbocycles. The molecule has 39 nitrogen and oxygen atoms in total. The average Bonchev–Trinajstić information content (AvgIpc) is 1.73. The van der Waals surface area contributed by atoms with Crippen LogP contribution >= 0.6 is 0 Å². The Hall–Kier alpha value is -11.7. The predicted molar refractivity (Wildman–Crippen MR) is 441 cm³/mol. The second-order valence-corrected chi connectivity index (χ2v) is 32.0. The molecule has 1 fully saturated rings. The number of phenols is 1. The van der Waals surface area contributed by atoms with Gasteiger partial charge in [-0.2, -0.15) is 0 Å². The molecule has 1 aliphatic heterocycles. The van der Waals surface area contributed by atoms with Crippen LogP contribution < -0.4 is 75.3 Å². The number of aromatic nitrogens is 2. The van der Waals surface area contributed by atoms with E-state index in [9.17, 15) is 108 Å². The van der Waals surface area contributed by atoms with E-state index in [0.29, 0.717) is 44.9 Å². The lowest BCUT2D eigenvalue weighted by molar-refractivity contribution is -0.146. The molecule has 0 aliphatic carbocycles. The third kappa shape index (κ3) is 29.6. The number of aromatic amines is 2. The van der Waals surface area contributed by atoms with Crippen LogP contribution in [0.25, 0.3) is 21.8 Å². The smallest absolute Gasteiger partial charge is 0.328 e. The van der Waals surface area contributed by atoms with Gasteiger partial charge in [-0.05, 0) is 144 Å². The van der Waals surface area contributed by atoms with Crippen LogP contribution in [0.4, 0.5) is 0 Å². The lowest BCUT2D eigenvalue weighted by Gasteiger charge is -2.31. The van der Waals surface area contributed by atoms with Crippen molar-refractivity contribution in [3.8, 4) is 5.75 Å². The quantitative estimate of drug-likeness (QED) is 0.0179. The van der Waals surface area contributed by atoms with Crippen molar-refractivity contribution in [2.45, 2.75) is 249 Å².